The summed E-state index contributed by atoms with van der Waals surface area (Å²) in [5, 5.41) is 0. The van der Waals surface area contributed by atoms with Crippen LogP contribution in [0.5, 0.6) is 0 Å². The van der Waals surface area contributed by atoms with Crippen LogP contribution in [0, 0.1) is 6.92 Å². The van der Waals surface area contributed by atoms with Crippen LogP contribution in [0.1, 0.15) is 11.1 Å². The van der Waals surface area contributed by atoms with Crippen molar-refractivity contribution in [3.8, 4) is 0 Å². The van der Waals surface area contributed by atoms with Crippen molar-refractivity contribution in [2.75, 3.05) is 26.6 Å². The zero-order chi connectivity index (χ0) is 11.5. The number of methoxy groups -OCH3 is 2. The molecule has 1 aromatic rings. The molecule has 0 unspecified atom stereocenters. The van der Waals surface area contributed by atoms with Gasteiger partial charge in [-0.25, -0.2) is 4.39 Å². The lowest BCUT2D eigenvalue weighted by atomic mass is 10.0. The molecule has 4 heteroatoms. The minimum Gasteiger partial charge on any atom is -0.399 e. The lowest BCUT2D eigenvalue weighted by Crippen LogP contribution is -2.33. The summed E-state index contributed by atoms with van der Waals surface area (Å²) in [6.07, 6.45) is 0. The number of hydrogen-bond donors (Lipinski definition) is 1. The van der Waals surface area contributed by atoms with E-state index in [-0.39, 0.29) is 0 Å². The smallest absolute Gasteiger partial charge is 0.223 e. The molecule has 0 saturated heterocycles. The van der Waals surface area contributed by atoms with Crippen LogP contribution in [-0.2, 0) is 15.3 Å². The van der Waals surface area contributed by atoms with Crippen LogP contribution in [0.15, 0.2) is 18.2 Å². The normalized spacial score (nSPS) is 11.7. The fraction of sp³-hybridized carbons (Fsp3) is 0.455. The first-order valence-corrected chi connectivity index (χ1v) is 4.62. The molecule has 0 fully saturated rings. The Bertz CT molecular complexity index is 329. The highest BCUT2D eigenvalue weighted by Gasteiger charge is 2.32. The molecule has 2 N–H and O–H groups in total. The Morgan fingerprint density at radius 2 is 1.93 bits per heavy atom. The predicted octanol–water partition coefficient (Wildman–Crippen LogP) is 1.99. The molecule has 0 spiro atoms. The highest BCUT2D eigenvalue weighted by Crippen LogP contribution is 2.29. The number of nitrogens with two attached hydrogens (primary N) is 1. The molecular weight excluding hydrogens is 197 g/mol. The van der Waals surface area contributed by atoms with Crippen molar-refractivity contribution in [3.63, 3.8) is 0 Å². The van der Waals surface area contributed by atoms with E-state index in [1.807, 2.05) is 13.0 Å². The van der Waals surface area contributed by atoms with E-state index in [0.717, 1.165) is 5.56 Å². The first-order valence-electron chi connectivity index (χ1n) is 4.62. The number of anilines is 1. The second-order valence-corrected chi connectivity index (χ2v) is 3.37. The fourth-order valence-electron chi connectivity index (χ4n) is 1.38. The molecule has 15 heavy (non-hydrogen) atoms. The Morgan fingerprint density at radius 3 is 2.33 bits per heavy atom. The standard InChI is InChI=1S/C11H16FNO2/c1-8-4-5-9(6-10(8)13)11(7-12,14-2)15-3/h4-6H,7,13H2,1-3H3. The summed E-state index contributed by atoms with van der Waals surface area (Å²) in [6.45, 7) is 1.12. The largest absolute Gasteiger partial charge is 0.399 e. The Labute approximate surface area is 89.0 Å². The number of hydrogen-bond acceptors (Lipinski definition) is 3. The second-order valence-electron chi connectivity index (χ2n) is 3.37. The first kappa shape index (κ1) is 11.9. The highest BCUT2D eigenvalue weighted by molar-refractivity contribution is 5.49. The van der Waals surface area contributed by atoms with E-state index in [1.54, 1.807) is 12.1 Å². The topological polar surface area (TPSA) is 44.5 Å². The van der Waals surface area contributed by atoms with Crippen molar-refractivity contribution < 1.29 is 13.9 Å². The Kier molecular flexibility index (Phi) is 3.66. The van der Waals surface area contributed by atoms with Crippen molar-refractivity contribution in [2.24, 2.45) is 0 Å². The number of nitrogen functional groups attached to an aromatic ring is 1. The molecule has 84 valence electrons. The van der Waals surface area contributed by atoms with Crippen LogP contribution in [-0.4, -0.2) is 20.9 Å². The average Bonchev–Trinajstić information content (AvgIpc) is 2.26. The van der Waals surface area contributed by atoms with Gasteiger partial charge in [-0.1, -0.05) is 12.1 Å². The van der Waals surface area contributed by atoms with E-state index >= 15 is 0 Å². The van der Waals surface area contributed by atoms with Crippen LogP contribution in [0.3, 0.4) is 0 Å². The van der Waals surface area contributed by atoms with Gasteiger partial charge in [-0.05, 0) is 18.6 Å². The summed E-state index contributed by atoms with van der Waals surface area (Å²) in [5.41, 5.74) is 7.87. The van der Waals surface area contributed by atoms with E-state index in [0.29, 0.717) is 11.3 Å². The summed E-state index contributed by atoms with van der Waals surface area (Å²) in [7, 11) is 2.80. The number of ether oxygens (including phenoxy) is 2. The first-order chi connectivity index (χ1) is 7.09. The third-order valence-corrected chi connectivity index (χ3v) is 2.55. The SMILES string of the molecule is COC(CF)(OC)c1ccc(C)c(N)c1. The number of alkyl halides is 1. The molecule has 0 aliphatic carbocycles. The Balaban J connectivity index is 3.17. The third kappa shape index (κ3) is 2.11. The zero-order valence-corrected chi connectivity index (χ0v) is 9.21. The maximum absolute atomic E-state index is 12.9. The van der Waals surface area contributed by atoms with Gasteiger partial charge in [0.2, 0.25) is 5.79 Å². The van der Waals surface area contributed by atoms with Crippen molar-refractivity contribution in [2.45, 2.75) is 12.7 Å². The maximum Gasteiger partial charge on any atom is 0.223 e. The van der Waals surface area contributed by atoms with Gasteiger partial charge >= 0.3 is 0 Å². The summed E-state index contributed by atoms with van der Waals surface area (Å²) in [4.78, 5) is 0. The van der Waals surface area contributed by atoms with E-state index in [4.69, 9.17) is 15.2 Å². The molecule has 0 bridgehead atoms. The van der Waals surface area contributed by atoms with Gasteiger partial charge in [-0.2, -0.15) is 0 Å². The van der Waals surface area contributed by atoms with Gasteiger partial charge in [0, 0.05) is 25.5 Å². The minimum atomic E-state index is -1.35. The van der Waals surface area contributed by atoms with Crippen LogP contribution < -0.4 is 5.73 Å². The van der Waals surface area contributed by atoms with Crippen molar-refractivity contribution >= 4 is 5.69 Å². The number of rotatable bonds is 4. The molecule has 0 heterocycles. The molecule has 0 aromatic heterocycles. The van der Waals surface area contributed by atoms with E-state index in [2.05, 4.69) is 0 Å². The predicted molar refractivity (Wildman–Crippen MR) is 57.3 cm³/mol. The molecule has 1 rings (SSSR count). The maximum atomic E-state index is 12.9. The third-order valence-electron chi connectivity index (χ3n) is 2.55. The Hall–Kier alpha value is -1.13. The van der Waals surface area contributed by atoms with Crippen molar-refractivity contribution in [1.29, 1.82) is 0 Å². The molecule has 0 atom stereocenters. The lowest BCUT2D eigenvalue weighted by molar-refractivity contribution is -0.224. The van der Waals surface area contributed by atoms with Crippen LogP contribution in [0.2, 0.25) is 0 Å². The van der Waals surface area contributed by atoms with Gasteiger partial charge in [0.05, 0.1) is 0 Å². The number of benzene rings is 1. The molecule has 0 aliphatic heterocycles. The van der Waals surface area contributed by atoms with Gasteiger partial charge in [0.15, 0.2) is 0 Å². The fourth-order valence-corrected chi connectivity index (χ4v) is 1.38. The lowest BCUT2D eigenvalue weighted by Gasteiger charge is -2.28. The quantitative estimate of drug-likeness (QED) is 0.614. The van der Waals surface area contributed by atoms with Gasteiger partial charge in [0.25, 0.3) is 0 Å². The Morgan fingerprint density at radius 1 is 1.33 bits per heavy atom. The van der Waals surface area contributed by atoms with E-state index < -0.39 is 12.5 Å². The number of aryl methyl sites for hydroxylation is 1. The average molecular weight is 213 g/mol. The molecular formula is C11H16FNO2. The molecule has 0 amide bonds. The van der Waals surface area contributed by atoms with Gasteiger partial charge in [-0.3, -0.25) is 0 Å². The van der Waals surface area contributed by atoms with E-state index in [1.165, 1.54) is 14.2 Å². The van der Waals surface area contributed by atoms with Gasteiger partial charge in [-0.15, -0.1) is 0 Å². The second kappa shape index (κ2) is 4.59. The molecule has 3 nitrogen and oxygen atoms in total. The molecule has 0 radical (unpaired) electrons. The van der Waals surface area contributed by atoms with Crippen LogP contribution in [0.4, 0.5) is 10.1 Å². The van der Waals surface area contributed by atoms with Crippen molar-refractivity contribution in [1.82, 2.24) is 0 Å². The van der Waals surface area contributed by atoms with Crippen LogP contribution >= 0.6 is 0 Å². The van der Waals surface area contributed by atoms with Gasteiger partial charge < -0.3 is 15.2 Å². The highest BCUT2D eigenvalue weighted by atomic mass is 19.1. The van der Waals surface area contributed by atoms with Crippen molar-refractivity contribution in [3.05, 3.63) is 29.3 Å². The molecule has 1 aromatic carbocycles. The molecule has 0 saturated carbocycles. The zero-order valence-electron chi connectivity index (χ0n) is 9.21. The summed E-state index contributed by atoms with van der Waals surface area (Å²) >= 11 is 0. The molecule has 0 aliphatic rings. The summed E-state index contributed by atoms with van der Waals surface area (Å²) in [5.74, 6) is -1.35. The monoisotopic (exact) mass is 213 g/mol. The van der Waals surface area contributed by atoms with Crippen LogP contribution in [0.25, 0.3) is 0 Å². The van der Waals surface area contributed by atoms with Gasteiger partial charge in [0.1, 0.15) is 6.67 Å². The summed E-state index contributed by atoms with van der Waals surface area (Å²) in [6, 6.07) is 5.23. The van der Waals surface area contributed by atoms with E-state index in [9.17, 15) is 4.39 Å². The summed E-state index contributed by atoms with van der Waals surface area (Å²) < 4.78 is 23.1. The minimum absolute atomic E-state index is 0.582. The number of halogens is 1.